The molecule has 1 heterocycles. The Bertz CT molecular complexity index is 1120. The molecule has 2 aromatic rings. The van der Waals surface area contributed by atoms with E-state index in [1.807, 2.05) is 13.0 Å². The Morgan fingerprint density at radius 1 is 1.19 bits per heavy atom. The Hall–Kier alpha value is -2.11. The lowest BCUT2D eigenvalue weighted by Gasteiger charge is -2.34. The molecule has 1 aliphatic heterocycles. The standard InChI is InChI=1S/C22H23Cl2N3O3S/c1-15(19-8-7-18(23)13-20(19)24)26(2)22(28)16-9-11-27(12-10-16)31(29,30)21-6-4-3-5-17(21)14-25/h3-8,13,15-16H,9-12H2,1-2H3. The molecule has 31 heavy (non-hydrogen) atoms. The van der Waals surface area contributed by atoms with Crippen molar-refractivity contribution >= 4 is 39.1 Å². The van der Waals surface area contributed by atoms with Gasteiger partial charge < -0.3 is 4.90 Å². The SMILES string of the molecule is CC(c1ccc(Cl)cc1Cl)N(C)C(=O)C1CCN(S(=O)(=O)c2ccccc2C#N)CC1. The molecule has 1 amide bonds. The summed E-state index contributed by atoms with van der Waals surface area (Å²) in [5.41, 5.74) is 0.921. The number of nitrogens with zero attached hydrogens (tertiary/aromatic N) is 3. The first-order chi connectivity index (χ1) is 14.7. The number of hydrogen-bond donors (Lipinski definition) is 0. The van der Waals surface area contributed by atoms with Crippen molar-refractivity contribution in [3.63, 3.8) is 0 Å². The van der Waals surface area contributed by atoms with Crippen LogP contribution in [0.3, 0.4) is 0 Å². The summed E-state index contributed by atoms with van der Waals surface area (Å²) >= 11 is 12.3. The minimum Gasteiger partial charge on any atom is -0.339 e. The fourth-order valence-electron chi connectivity index (χ4n) is 3.79. The smallest absolute Gasteiger partial charge is 0.244 e. The molecule has 164 valence electrons. The first-order valence-electron chi connectivity index (χ1n) is 9.87. The van der Waals surface area contributed by atoms with Crippen molar-refractivity contribution in [3.8, 4) is 6.07 Å². The second-order valence-corrected chi connectivity index (χ2v) is 10.3. The summed E-state index contributed by atoms with van der Waals surface area (Å²) in [7, 11) is -2.06. The lowest BCUT2D eigenvalue weighted by Crippen LogP contribution is -2.44. The number of nitriles is 1. The monoisotopic (exact) mass is 479 g/mol. The molecule has 3 rings (SSSR count). The summed E-state index contributed by atoms with van der Waals surface area (Å²) in [6, 6.07) is 13.0. The predicted molar refractivity (Wildman–Crippen MR) is 120 cm³/mol. The third-order valence-corrected chi connectivity index (χ3v) is 8.29. The zero-order valence-corrected chi connectivity index (χ0v) is 19.6. The number of carbonyl (C=O) groups excluding carboxylic acids is 1. The van der Waals surface area contributed by atoms with Gasteiger partial charge >= 0.3 is 0 Å². The van der Waals surface area contributed by atoms with Crippen LogP contribution in [0, 0.1) is 17.2 Å². The van der Waals surface area contributed by atoms with Crippen molar-refractivity contribution in [2.24, 2.45) is 5.92 Å². The van der Waals surface area contributed by atoms with Gasteiger partial charge in [-0.25, -0.2) is 8.42 Å². The van der Waals surface area contributed by atoms with Gasteiger partial charge in [0.25, 0.3) is 0 Å². The second-order valence-electron chi connectivity index (χ2n) is 7.58. The number of sulfonamides is 1. The Balaban J connectivity index is 1.69. The van der Waals surface area contributed by atoms with Crippen molar-refractivity contribution in [1.82, 2.24) is 9.21 Å². The first kappa shape index (κ1) is 23.6. The van der Waals surface area contributed by atoms with Crippen LogP contribution in [0.15, 0.2) is 47.4 Å². The maximum atomic E-state index is 13.1. The van der Waals surface area contributed by atoms with Crippen LogP contribution >= 0.6 is 23.2 Å². The number of rotatable bonds is 5. The van der Waals surface area contributed by atoms with Crippen LogP contribution in [0.2, 0.25) is 10.0 Å². The van der Waals surface area contributed by atoms with Crippen molar-refractivity contribution in [2.45, 2.75) is 30.7 Å². The molecule has 1 unspecified atom stereocenters. The lowest BCUT2D eigenvalue weighted by atomic mass is 9.95. The fraction of sp³-hybridized carbons (Fsp3) is 0.364. The Kier molecular flexibility index (Phi) is 7.28. The van der Waals surface area contributed by atoms with E-state index in [9.17, 15) is 18.5 Å². The molecule has 0 aromatic heterocycles. The van der Waals surface area contributed by atoms with Gasteiger partial charge in [0.2, 0.25) is 15.9 Å². The van der Waals surface area contributed by atoms with Crippen LogP contribution in [0.1, 0.15) is 36.9 Å². The minimum atomic E-state index is -3.79. The summed E-state index contributed by atoms with van der Waals surface area (Å²) in [4.78, 5) is 14.7. The van der Waals surface area contributed by atoms with Gasteiger partial charge in [-0.2, -0.15) is 9.57 Å². The number of hydrogen-bond acceptors (Lipinski definition) is 4. The molecule has 2 aromatic carbocycles. The van der Waals surface area contributed by atoms with Crippen LogP contribution in [0.25, 0.3) is 0 Å². The maximum Gasteiger partial charge on any atom is 0.244 e. The normalized spacial score (nSPS) is 16.5. The predicted octanol–water partition coefficient (Wildman–Crippen LogP) is 4.49. The number of halogens is 2. The van der Waals surface area contributed by atoms with E-state index in [4.69, 9.17) is 23.2 Å². The molecule has 0 spiro atoms. The van der Waals surface area contributed by atoms with Gasteiger partial charge in [0, 0.05) is 36.1 Å². The van der Waals surface area contributed by atoms with Gasteiger partial charge in [-0.15, -0.1) is 0 Å². The summed E-state index contributed by atoms with van der Waals surface area (Å²) in [6.45, 7) is 2.34. The maximum absolute atomic E-state index is 13.1. The second kappa shape index (κ2) is 9.58. The van der Waals surface area contributed by atoms with Crippen molar-refractivity contribution in [2.75, 3.05) is 20.1 Å². The topological polar surface area (TPSA) is 81.5 Å². The molecule has 9 heteroatoms. The van der Waals surface area contributed by atoms with E-state index in [1.165, 1.54) is 16.4 Å². The zero-order valence-electron chi connectivity index (χ0n) is 17.3. The molecule has 1 fully saturated rings. The molecule has 0 N–H and O–H groups in total. The van der Waals surface area contributed by atoms with Crippen LogP contribution in [0.5, 0.6) is 0 Å². The van der Waals surface area contributed by atoms with Crippen LogP contribution in [-0.4, -0.2) is 43.7 Å². The number of piperidine rings is 1. The van der Waals surface area contributed by atoms with E-state index >= 15 is 0 Å². The van der Waals surface area contributed by atoms with E-state index in [0.717, 1.165) is 5.56 Å². The van der Waals surface area contributed by atoms with E-state index in [1.54, 1.807) is 42.3 Å². The quantitative estimate of drug-likeness (QED) is 0.632. The van der Waals surface area contributed by atoms with E-state index in [0.29, 0.717) is 22.9 Å². The molecule has 6 nitrogen and oxygen atoms in total. The molecule has 0 saturated carbocycles. The molecule has 1 atom stereocenters. The van der Waals surface area contributed by atoms with Gasteiger partial charge in [0.15, 0.2) is 0 Å². The highest BCUT2D eigenvalue weighted by atomic mass is 35.5. The third-order valence-electron chi connectivity index (χ3n) is 5.77. The first-order valence-corrected chi connectivity index (χ1v) is 12.1. The van der Waals surface area contributed by atoms with Crippen molar-refractivity contribution in [3.05, 3.63) is 63.6 Å². The summed E-state index contributed by atoms with van der Waals surface area (Å²) < 4.78 is 27.3. The van der Waals surface area contributed by atoms with Crippen molar-refractivity contribution < 1.29 is 13.2 Å². The van der Waals surface area contributed by atoms with Gasteiger partial charge in [-0.3, -0.25) is 4.79 Å². The van der Waals surface area contributed by atoms with E-state index in [2.05, 4.69) is 0 Å². The fourth-order valence-corrected chi connectivity index (χ4v) is 5.97. The number of carbonyl (C=O) groups is 1. The number of benzene rings is 2. The highest BCUT2D eigenvalue weighted by Crippen LogP contribution is 2.32. The number of amides is 1. The average Bonchev–Trinajstić information content (AvgIpc) is 2.77. The van der Waals surface area contributed by atoms with Crippen molar-refractivity contribution in [1.29, 1.82) is 5.26 Å². The van der Waals surface area contributed by atoms with Gasteiger partial charge in [-0.05, 0) is 49.6 Å². The Morgan fingerprint density at radius 3 is 2.45 bits per heavy atom. The largest absolute Gasteiger partial charge is 0.339 e. The van der Waals surface area contributed by atoms with Crippen LogP contribution < -0.4 is 0 Å². The molecular formula is C22H23Cl2N3O3S. The third kappa shape index (κ3) is 4.88. The summed E-state index contributed by atoms with van der Waals surface area (Å²) in [5.74, 6) is -0.329. The van der Waals surface area contributed by atoms with Gasteiger partial charge in [0.1, 0.15) is 6.07 Å². The lowest BCUT2D eigenvalue weighted by molar-refractivity contribution is -0.137. The van der Waals surface area contributed by atoms with E-state index < -0.39 is 10.0 Å². The molecule has 1 aliphatic rings. The molecule has 0 radical (unpaired) electrons. The van der Waals surface area contributed by atoms with Gasteiger partial charge in [-0.1, -0.05) is 41.4 Å². The Morgan fingerprint density at radius 2 is 1.84 bits per heavy atom. The van der Waals surface area contributed by atoms with Gasteiger partial charge in [0.05, 0.1) is 16.5 Å². The molecule has 1 saturated heterocycles. The highest BCUT2D eigenvalue weighted by Gasteiger charge is 2.35. The zero-order chi connectivity index (χ0) is 22.8. The minimum absolute atomic E-state index is 0.00500. The highest BCUT2D eigenvalue weighted by molar-refractivity contribution is 7.89. The van der Waals surface area contributed by atoms with Crippen LogP contribution in [0.4, 0.5) is 0 Å². The molecule has 0 aliphatic carbocycles. The average molecular weight is 480 g/mol. The summed E-state index contributed by atoms with van der Waals surface area (Å²) in [6.07, 6.45) is 0.830. The molecular weight excluding hydrogens is 457 g/mol. The van der Waals surface area contributed by atoms with Crippen LogP contribution in [-0.2, 0) is 14.8 Å². The Labute approximate surface area is 193 Å². The van der Waals surface area contributed by atoms with E-state index in [-0.39, 0.29) is 41.4 Å². The summed E-state index contributed by atoms with van der Waals surface area (Å²) in [5, 5.41) is 10.3. The molecule has 0 bridgehead atoms.